The van der Waals surface area contributed by atoms with E-state index in [2.05, 4.69) is 10.0 Å². The molecule has 0 aliphatic carbocycles. The number of aryl methyl sites for hydroxylation is 1. The number of sulfonamides is 1. The number of methoxy groups -OCH3 is 2. The van der Waals surface area contributed by atoms with Crippen LogP contribution in [0.25, 0.3) is 11.1 Å². The van der Waals surface area contributed by atoms with Crippen LogP contribution in [0.2, 0.25) is 0 Å². The molecule has 0 fully saturated rings. The molecule has 0 saturated heterocycles. The van der Waals surface area contributed by atoms with Crippen molar-refractivity contribution in [2.45, 2.75) is 17.4 Å². The lowest BCUT2D eigenvalue weighted by Crippen LogP contribution is -2.45. The number of ether oxygens (including phenoxy) is 2. The van der Waals surface area contributed by atoms with Gasteiger partial charge in [-0.1, -0.05) is 30.3 Å². The van der Waals surface area contributed by atoms with Crippen molar-refractivity contribution in [3.05, 3.63) is 82.8 Å². The van der Waals surface area contributed by atoms with Gasteiger partial charge in [0, 0.05) is 19.2 Å². The molecule has 1 aromatic heterocycles. The van der Waals surface area contributed by atoms with Gasteiger partial charge in [0.25, 0.3) is 0 Å². The molecule has 0 bridgehead atoms. The normalized spacial score (nSPS) is 12.3. The first-order valence-electron chi connectivity index (χ1n) is 10.9. The SMILES string of the molecule is COc1ccc(NC(=O)[C@@H](Cc2ccccc2)NS(=O)(=O)c2ccc3c(c2)oc(=O)n3C)c(OC)c1. The molecule has 0 unspecified atom stereocenters. The monoisotopic (exact) mass is 511 g/mol. The van der Waals surface area contributed by atoms with Crippen molar-refractivity contribution in [2.75, 3.05) is 19.5 Å². The van der Waals surface area contributed by atoms with Crippen LogP contribution in [-0.2, 0) is 28.3 Å². The van der Waals surface area contributed by atoms with E-state index in [4.69, 9.17) is 13.9 Å². The van der Waals surface area contributed by atoms with Crippen LogP contribution < -0.4 is 25.3 Å². The van der Waals surface area contributed by atoms with Gasteiger partial charge in [0.1, 0.15) is 17.5 Å². The summed E-state index contributed by atoms with van der Waals surface area (Å²) in [6.45, 7) is 0. The van der Waals surface area contributed by atoms with Crippen molar-refractivity contribution in [1.29, 1.82) is 0 Å². The molecule has 0 spiro atoms. The van der Waals surface area contributed by atoms with E-state index in [-0.39, 0.29) is 16.9 Å². The molecule has 2 N–H and O–H groups in total. The number of nitrogens with zero attached hydrogens (tertiary/aromatic N) is 1. The van der Waals surface area contributed by atoms with E-state index in [0.29, 0.717) is 22.7 Å². The molecule has 4 rings (SSSR count). The number of oxazole rings is 1. The molecule has 10 nitrogen and oxygen atoms in total. The predicted octanol–water partition coefficient (Wildman–Crippen LogP) is 2.68. The number of fused-ring (bicyclic) bond motifs is 1. The topological polar surface area (TPSA) is 129 Å². The zero-order chi connectivity index (χ0) is 25.9. The second-order valence-electron chi connectivity index (χ2n) is 7.98. The summed E-state index contributed by atoms with van der Waals surface area (Å²) in [5.41, 5.74) is 1.68. The Labute approximate surface area is 207 Å². The fraction of sp³-hybridized carbons (Fsp3) is 0.200. The number of rotatable bonds is 9. The molecule has 0 saturated carbocycles. The Bertz CT molecular complexity index is 1560. The maximum atomic E-state index is 13.3. The van der Waals surface area contributed by atoms with Gasteiger partial charge in [0.2, 0.25) is 15.9 Å². The number of aromatic nitrogens is 1. The Balaban J connectivity index is 1.65. The average molecular weight is 512 g/mol. The van der Waals surface area contributed by atoms with Crippen LogP contribution in [-0.4, -0.2) is 39.2 Å². The first-order valence-corrected chi connectivity index (χ1v) is 12.4. The van der Waals surface area contributed by atoms with Gasteiger partial charge < -0.3 is 19.2 Å². The molecule has 1 amide bonds. The van der Waals surface area contributed by atoms with Crippen LogP contribution in [0.4, 0.5) is 5.69 Å². The zero-order valence-corrected chi connectivity index (χ0v) is 20.7. The molecular formula is C25H25N3O7S. The molecule has 0 radical (unpaired) electrons. The van der Waals surface area contributed by atoms with Gasteiger partial charge in [-0.05, 0) is 36.2 Å². The van der Waals surface area contributed by atoms with Crippen LogP contribution >= 0.6 is 0 Å². The number of carbonyl (C=O) groups is 1. The lowest BCUT2D eigenvalue weighted by molar-refractivity contribution is -0.117. The molecule has 188 valence electrons. The lowest BCUT2D eigenvalue weighted by Gasteiger charge is -2.20. The summed E-state index contributed by atoms with van der Waals surface area (Å²) in [6.07, 6.45) is 0.0903. The second-order valence-corrected chi connectivity index (χ2v) is 9.69. The maximum Gasteiger partial charge on any atom is 0.419 e. The minimum atomic E-state index is -4.17. The highest BCUT2D eigenvalue weighted by atomic mass is 32.2. The number of hydrogen-bond acceptors (Lipinski definition) is 7. The van der Waals surface area contributed by atoms with Gasteiger partial charge in [0.15, 0.2) is 5.58 Å². The highest BCUT2D eigenvalue weighted by Gasteiger charge is 2.27. The quantitative estimate of drug-likeness (QED) is 0.353. The zero-order valence-electron chi connectivity index (χ0n) is 19.8. The third-order valence-corrected chi connectivity index (χ3v) is 7.11. The number of nitrogens with one attached hydrogen (secondary N) is 2. The Morgan fingerprint density at radius 3 is 2.47 bits per heavy atom. The summed E-state index contributed by atoms with van der Waals surface area (Å²) < 4.78 is 45.9. The van der Waals surface area contributed by atoms with E-state index >= 15 is 0 Å². The molecule has 11 heteroatoms. The van der Waals surface area contributed by atoms with Crippen molar-refractivity contribution in [3.8, 4) is 11.5 Å². The summed E-state index contributed by atoms with van der Waals surface area (Å²) in [5, 5.41) is 2.74. The molecular weight excluding hydrogens is 486 g/mol. The predicted molar refractivity (Wildman–Crippen MR) is 134 cm³/mol. The van der Waals surface area contributed by atoms with Crippen molar-refractivity contribution < 1.29 is 27.1 Å². The van der Waals surface area contributed by atoms with Gasteiger partial charge in [-0.2, -0.15) is 4.72 Å². The van der Waals surface area contributed by atoms with Crippen molar-refractivity contribution in [1.82, 2.24) is 9.29 Å². The first kappa shape index (κ1) is 25.0. The number of hydrogen-bond donors (Lipinski definition) is 2. The van der Waals surface area contributed by atoms with E-state index in [1.807, 2.05) is 6.07 Å². The summed E-state index contributed by atoms with van der Waals surface area (Å²) >= 11 is 0. The van der Waals surface area contributed by atoms with E-state index in [1.165, 1.54) is 44.0 Å². The largest absolute Gasteiger partial charge is 0.497 e. The molecule has 4 aromatic rings. The Kier molecular flexibility index (Phi) is 7.13. The highest BCUT2D eigenvalue weighted by molar-refractivity contribution is 7.89. The number of carbonyl (C=O) groups excluding carboxylic acids is 1. The minimum absolute atomic E-state index is 0.0903. The molecule has 36 heavy (non-hydrogen) atoms. The fourth-order valence-electron chi connectivity index (χ4n) is 3.70. The third kappa shape index (κ3) is 5.26. The Morgan fingerprint density at radius 1 is 1.03 bits per heavy atom. The lowest BCUT2D eigenvalue weighted by atomic mass is 10.1. The van der Waals surface area contributed by atoms with E-state index in [1.54, 1.807) is 42.5 Å². The summed E-state index contributed by atoms with van der Waals surface area (Å²) in [4.78, 5) is 25.0. The van der Waals surface area contributed by atoms with E-state index < -0.39 is 27.7 Å². The number of anilines is 1. The van der Waals surface area contributed by atoms with Crippen molar-refractivity contribution in [3.63, 3.8) is 0 Å². The maximum absolute atomic E-state index is 13.3. The average Bonchev–Trinajstić information content (AvgIpc) is 3.16. The Hall–Kier alpha value is -4.09. The summed E-state index contributed by atoms with van der Waals surface area (Å²) in [7, 11) is 0.311. The van der Waals surface area contributed by atoms with Gasteiger partial charge >= 0.3 is 5.76 Å². The van der Waals surface area contributed by atoms with Crippen molar-refractivity contribution >= 4 is 32.7 Å². The third-order valence-electron chi connectivity index (χ3n) is 5.64. The smallest absolute Gasteiger partial charge is 0.419 e. The van der Waals surface area contributed by atoms with Crippen LogP contribution in [0.1, 0.15) is 5.56 Å². The molecule has 0 aliphatic heterocycles. The standard InChI is InChI=1S/C25H25N3O7S/c1-28-21-12-10-18(15-23(21)35-25(28)30)36(31,32)27-20(13-16-7-5-4-6-8-16)24(29)26-19-11-9-17(33-2)14-22(19)34-3/h4-12,14-15,20,27H,13H2,1-3H3,(H,26,29)/t20-/m1/s1. The van der Waals surface area contributed by atoms with Crippen LogP contribution in [0.3, 0.4) is 0 Å². The summed E-state index contributed by atoms with van der Waals surface area (Å²) in [6, 6.07) is 16.8. The summed E-state index contributed by atoms with van der Waals surface area (Å²) in [5.74, 6) is -0.302. The second kappa shape index (κ2) is 10.3. The Morgan fingerprint density at radius 2 is 1.78 bits per heavy atom. The van der Waals surface area contributed by atoms with Gasteiger partial charge in [0.05, 0.1) is 30.3 Å². The van der Waals surface area contributed by atoms with Crippen LogP contribution in [0.5, 0.6) is 11.5 Å². The molecule has 3 aromatic carbocycles. The minimum Gasteiger partial charge on any atom is -0.497 e. The van der Waals surface area contributed by atoms with Crippen LogP contribution in [0, 0.1) is 0 Å². The molecule has 0 aliphatic rings. The van der Waals surface area contributed by atoms with Gasteiger partial charge in [-0.15, -0.1) is 0 Å². The van der Waals surface area contributed by atoms with E-state index in [9.17, 15) is 18.0 Å². The number of benzene rings is 3. The molecule has 1 heterocycles. The van der Waals surface area contributed by atoms with Crippen LogP contribution in [0.15, 0.2) is 80.8 Å². The first-order chi connectivity index (χ1) is 17.2. The van der Waals surface area contributed by atoms with Gasteiger partial charge in [-0.25, -0.2) is 13.2 Å². The van der Waals surface area contributed by atoms with Crippen molar-refractivity contribution in [2.24, 2.45) is 7.05 Å². The van der Waals surface area contributed by atoms with E-state index in [0.717, 1.165) is 5.56 Å². The fourth-order valence-corrected chi connectivity index (χ4v) is 4.91. The highest BCUT2D eigenvalue weighted by Crippen LogP contribution is 2.29. The van der Waals surface area contributed by atoms with Gasteiger partial charge in [-0.3, -0.25) is 9.36 Å². The molecule has 1 atom stereocenters. The number of amides is 1.